The van der Waals surface area contributed by atoms with E-state index in [1.54, 1.807) is 6.20 Å². The van der Waals surface area contributed by atoms with Crippen LogP contribution in [0.15, 0.2) is 36.7 Å². The van der Waals surface area contributed by atoms with Gasteiger partial charge in [-0.05, 0) is 31.4 Å². The van der Waals surface area contributed by atoms with Gasteiger partial charge in [0.25, 0.3) is 0 Å². The van der Waals surface area contributed by atoms with Crippen molar-refractivity contribution in [1.82, 2.24) is 15.3 Å². The maximum absolute atomic E-state index is 4.26. The Labute approximate surface area is 108 Å². The number of hydrogen-bond acceptors (Lipinski definition) is 2. The lowest BCUT2D eigenvalue weighted by atomic mass is 9.97. The van der Waals surface area contributed by atoms with Crippen LogP contribution in [0.25, 0.3) is 11.4 Å². The molecule has 1 aliphatic heterocycles. The summed E-state index contributed by atoms with van der Waals surface area (Å²) in [7, 11) is 0. The van der Waals surface area contributed by atoms with Gasteiger partial charge in [0, 0.05) is 24.0 Å². The van der Waals surface area contributed by atoms with Gasteiger partial charge in [-0.3, -0.25) is 0 Å². The van der Waals surface area contributed by atoms with Crippen molar-refractivity contribution in [2.45, 2.75) is 31.7 Å². The van der Waals surface area contributed by atoms with E-state index in [-0.39, 0.29) is 0 Å². The Morgan fingerprint density at radius 2 is 2.06 bits per heavy atom. The van der Waals surface area contributed by atoms with Crippen molar-refractivity contribution in [2.75, 3.05) is 6.54 Å². The molecule has 18 heavy (non-hydrogen) atoms. The molecule has 2 heterocycles. The van der Waals surface area contributed by atoms with E-state index >= 15 is 0 Å². The Bertz CT molecular complexity index is 467. The standard InChI is InChI=1S/C15H19N3/c1-2-8-16-14(3-1)11-12-4-6-13(7-5-12)15-17-9-10-18-15/h4-7,9-10,14,16H,1-3,8,11H2,(H,17,18). The summed E-state index contributed by atoms with van der Waals surface area (Å²) in [6.07, 6.45) is 8.78. The molecule has 1 aromatic heterocycles. The second-order valence-electron chi connectivity index (χ2n) is 4.99. The number of hydrogen-bond donors (Lipinski definition) is 2. The average Bonchev–Trinajstić information content (AvgIpc) is 2.95. The molecule has 1 aromatic carbocycles. The zero-order valence-corrected chi connectivity index (χ0v) is 10.5. The van der Waals surface area contributed by atoms with E-state index in [1.807, 2.05) is 6.20 Å². The van der Waals surface area contributed by atoms with Crippen molar-refractivity contribution >= 4 is 0 Å². The average molecular weight is 241 g/mol. The zero-order chi connectivity index (χ0) is 12.2. The molecule has 0 bridgehead atoms. The number of nitrogens with zero attached hydrogens (tertiary/aromatic N) is 1. The van der Waals surface area contributed by atoms with Crippen molar-refractivity contribution in [3.05, 3.63) is 42.2 Å². The molecular formula is C15H19N3. The van der Waals surface area contributed by atoms with Gasteiger partial charge in [0.1, 0.15) is 5.82 Å². The van der Waals surface area contributed by atoms with E-state index in [0.717, 1.165) is 17.8 Å². The lowest BCUT2D eigenvalue weighted by Gasteiger charge is -2.23. The number of aromatic nitrogens is 2. The molecule has 0 spiro atoms. The molecule has 2 N–H and O–H groups in total. The molecule has 1 unspecified atom stereocenters. The van der Waals surface area contributed by atoms with Gasteiger partial charge in [-0.15, -0.1) is 0 Å². The molecule has 0 radical (unpaired) electrons. The third-order valence-electron chi connectivity index (χ3n) is 3.62. The largest absolute Gasteiger partial charge is 0.345 e. The first-order chi connectivity index (χ1) is 8.92. The highest BCUT2D eigenvalue weighted by Gasteiger charge is 2.12. The van der Waals surface area contributed by atoms with E-state index in [4.69, 9.17) is 0 Å². The fourth-order valence-corrected chi connectivity index (χ4v) is 2.60. The third kappa shape index (κ3) is 2.62. The Kier molecular flexibility index (Phi) is 3.42. The minimum absolute atomic E-state index is 0.660. The summed E-state index contributed by atoms with van der Waals surface area (Å²) in [5, 5.41) is 3.59. The summed E-state index contributed by atoms with van der Waals surface area (Å²) in [5.74, 6) is 0.942. The van der Waals surface area contributed by atoms with Crippen molar-refractivity contribution in [2.24, 2.45) is 0 Å². The van der Waals surface area contributed by atoms with Crippen LogP contribution in [-0.2, 0) is 6.42 Å². The van der Waals surface area contributed by atoms with Crippen LogP contribution in [0.2, 0.25) is 0 Å². The quantitative estimate of drug-likeness (QED) is 0.867. The highest BCUT2D eigenvalue weighted by atomic mass is 14.9. The Hall–Kier alpha value is -1.61. The Morgan fingerprint density at radius 1 is 1.17 bits per heavy atom. The van der Waals surface area contributed by atoms with Gasteiger partial charge in [0.2, 0.25) is 0 Å². The number of nitrogens with one attached hydrogen (secondary N) is 2. The van der Waals surface area contributed by atoms with Gasteiger partial charge in [-0.1, -0.05) is 30.7 Å². The molecule has 0 saturated carbocycles. The minimum atomic E-state index is 0.660. The molecule has 3 rings (SSSR count). The number of imidazole rings is 1. The molecular weight excluding hydrogens is 222 g/mol. The van der Waals surface area contributed by atoms with E-state index in [0.29, 0.717) is 6.04 Å². The highest BCUT2D eigenvalue weighted by molar-refractivity contribution is 5.55. The minimum Gasteiger partial charge on any atom is -0.345 e. The maximum atomic E-state index is 4.26. The molecule has 94 valence electrons. The van der Waals surface area contributed by atoms with Crippen LogP contribution in [0, 0.1) is 0 Å². The van der Waals surface area contributed by atoms with Crippen LogP contribution >= 0.6 is 0 Å². The molecule has 0 amide bonds. The van der Waals surface area contributed by atoms with Gasteiger partial charge in [0.05, 0.1) is 0 Å². The van der Waals surface area contributed by atoms with Crippen LogP contribution < -0.4 is 5.32 Å². The summed E-state index contributed by atoms with van der Waals surface area (Å²) in [6.45, 7) is 1.18. The molecule has 0 aliphatic carbocycles. The monoisotopic (exact) mass is 241 g/mol. The fraction of sp³-hybridized carbons (Fsp3) is 0.400. The van der Waals surface area contributed by atoms with Gasteiger partial charge < -0.3 is 10.3 Å². The molecule has 2 aromatic rings. The molecule has 1 fully saturated rings. The second kappa shape index (κ2) is 5.36. The molecule has 3 heteroatoms. The predicted molar refractivity (Wildman–Crippen MR) is 73.4 cm³/mol. The fourth-order valence-electron chi connectivity index (χ4n) is 2.60. The van der Waals surface area contributed by atoms with E-state index in [9.17, 15) is 0 Å². The van der Waals surface area contributed by atoms with Crippen molar-refractivity contribution in [3.63, 3.8) is 0 Å². The van der Waals surface area contributed by atoms with Crippen LogP contribution in [0.3, 0.4) is 0 Å². The van der Waals surface area contributed by atoms with Gasteiger partial charge in [-0.25, -0.2) is 4.98 Å². The first kappa shape index (κ1) is 11.5. The summed E-state index contributed by atoms with van der Waals surface area (Å²) in [5.41, 5.74) is 2.56. The van der Waals surface area contributed by atoms with Gasteiger partial charge >= 0.3 is 0 Å². The SMILES string of the molecule is c1c[nH]c(-c2ccc(CC3CCCCN3)cc2)n1. The molecule has 1 aliphatic rings. The predicted octanol–water partition coefficient (Wildman–Crippen LogP) is 2.76. The number of rotatable bonds is 3. The third-order valence-corrected chi connectivity index (χ3v) is 3.62. The second-order valence-corrected chi connectivity index (χ2v) is 4.99. The zero-order valence-electron chi connectivity index (χ0n) is 10.5. The van der Waals surface area contributed by atoms with Crippen LogP contribution in [0.5, 0.6) is 0 Å². The van der Waals surface area contributed by atoms with Crippen LogP contribution in [-0.4, -0.2) is 22.6 Å². The number of H-pyrrole nitrogens is 1. The normalized spacial score (nSPS) is 19.9. The van der Waals surface area contributed by atoms with Gasteiger partial charge in [0.15, 0.2) is 0 Å². The highest BCUT2D eigenvalue weighted by Crippen LogP contribution is 2.17. The summed E-state index contributed by atoms with van der Waals surface area (Å²) in [4.78, 5) is 7.39. The summed E-state index contributed by atoms with van der Waals surface area (Å²) >= 11 is 0. The van der Waals surface area contributed by atoms with Crippen molar-refractivity contribution in [3.8, 4) is 11.4 Å². The molecule has 3 nitrogen and oxygen atoms in total. The van der Waals surface area contributed by atoms with E-state index < -0.39 is 0 Å². The number of piperidine rings is 1. The maximum Gasteiger partial charge on any atom is 0.137 e. The lowest BCUT2D eigenvalue weighted by molar-refractivity contribution is 0.399. The summed E-state index contributed by atoms with van der Waals surface area (Å²) < 4.78 is 0. The first-order valence-corrected chi connectivity index (χ1v) is 6.74. The topological polar surface area (TPSA) is 40.7 Å². The van der Waals surface area contributed by atoms with Crippen molar-refractivity contribution in [1.29, 1.82) is 0 Å². The van der Waals surface area contributed by atoms with Crippen LogP contribution in [0.1, 0.15) is 24.8 Å². The molecule has 1 saturated heterocycles. The van der Waals surface area contributed by atoms with Crippen LogP contribution in [0.4, 0.5) is 0 Å². The number of aromatic amines is 1. The molecule has 1 atom stereocenters. The van der Waals surface area contributed by atoms with E-state index in [1.165, 1.54) is 31.4 Å². The first-order valence-electron chi connectivity index (χ1n) is 6.74. The Morgan fingerprint density at radius 3 is 2.72 bits per heavy atom. The van der Waals surface area contributed by atoms with E-state index in [2.05, 4.69) is 39.6 Å². The lowest BCUT2D eigenvalue weighted by Crippen LogP contribution is -2.35. The van der Waals surface area contributed by atoms with Crippen molar-refractivity contribution < 1.29 is 0 Å². The Balaban J connectivity index is 1.67. The summed E-state index contributed by atoms with van der Waals surface area (Å²) in [6, 6.07) is 9.39. The van der Waals surface area contributed by atoms with Gasteiger partial charge in [-0.2, -0.15) is 0 Å². The number of benzene rings is 1. The smallest absolute Gasteiger partial charge is 0.137 e.